The van der Waals surface area contributed by atoms with Crippen molar-refractivity contribution < 1.29 is 23.9 Å². The molecule has 7 nitrogen and oxygen atoms in total. The van der Waals surface area contributed by atoms with Crippen LogP contribution >= 0.6 is 0 Å². The van der Waals surface area contributed by atoms with E-state index in [1.807, 2.05) is 0 Å². The van der Waals surface area contributed by atoms with Gasteiger partial charge >= 0.3 is 11.9 Å². The van der Waals surface area contributed by atoms with Crippen LogP contribution in [0.15, 0.2) is 0 Å². The second kappa shape index (κ2) is 38.6. The molecular weight excluding hydrogens is 709 g/mol. The number of carbonyl (C=O) groups is 3. The molecule has 336 valence electrons. The van der Waals surface area contributed by atoms with Crippen LogP contribution < -0.4 is 5.32 Å². The zero-order valence-electron chi connectivity index (χ0n) is 38.6. The van der Waals surface area contributed by atoms with E-state index >= 15 is 0 Å². The topological polar surface area (TPSA) is 84.9 Å². The van der Waals surface area contributed by atoms with Crippen LogP contribution in [0.25, 0.3) is 0 Å². The molecule has 1 saturated heterocycles. The van der Waals surface area contributed by atoms with E-state index in [4.69, 9.17) is 9.47 Å². The minimum absolute atomic E-state index is 0.0394. The zero-order valence-corrected chi connectivity index (χ0v) is 38.6. The molecule has 1 fully saturated rings. The second-order valence-electron chi connectivity index (χ2n) is 17.8. The summed E-state index contributed by atoms with van der Waals surface area (Å²) >= 11 is 0. The van der Waals surface area contributed by atoms with Gasteiger partial charge < -0.3 is 19.7 Å². The van der Waals surface area contributed by atoms with Gasteiger partial charge in [-0.3, -0.25) is 14.4 Å². The van der Waals surface area contributed by atoms with Crippen molar-refractivity contribution in [2.75, 3.05) is 26.2 Å². The van der Waals surface area contributed by atoms with E-state index in [1.54, 1.807) is 0 Å². The smallest absolute Gasteiger partial charge is 0.306 e. The standard InChI is InChI=1S/C50H96N2O5/c1-5-9-13-14-15-16-17-18-19-20-21-22-23-25-28-31-40-50(49(55)51-42-12-8-4,57-48(54)39-35-45-52-43-33-34-44-52)41-32-29-26-24-27-30-38-47(53)56-46(36-10-6-2)37-11-7-3/h46H,5-45H2,1-4H3,(H,51,55). The summed E-state index contributed by atoms with van der Waals surface area (Å²) in [6, 6.07) is 0. The molecular formula is C50H96N2O5. The predicted octanol–water partition coefficient (Wildman–Crippen LogP) is 14.1. The molecule has 57 heavy (non-hydrogen) atoms. The maximum Gasteiger partial charge on any atom is 0.306 e. The average molecular weight is 805 g/mol. The first-order valence-electron chi connectivity index (χ1n) is 25.3. The first kappa shape index (κ1) is 53.4. The van der Waals surface area contributed by atoms with Crippen LogP contribution in [-0.4, -0.2) is 60.6 Å². The Balaban J connectivity index is 2.59. The molecule has 0 spiro atoms. The van der Waals surface area contributed by atoms with Crippen molar-refractivity contribution in [2.24, 2.45) is 0 Å². The van der Waals surface area contributed by atoms with Gasteiger partial charge in [-0.05, 0) is 90.3 Å². The lowest BCUT2D eigenvalue weighted by molar-refractivity contribution is -0.171. The van der Waals surface area contributed by atoms with Gasteiger partial charge in [0.05, 0.1) is 0 Å². The summed E-state index contributed by atoms with van der Waals surface area (Å²) in [7, 11) is 0. The fraction of sp³-hybridized carbons (Fsp3) is 0.940. The van der Waals surface area contributed by atoms with Crippen LogP contribution in [0.1, 0.15) is 265 Å². The van der Waals surface area contributed by atoms with Gasteiger partial charge in [-0.15, -0.1) is 0 Å². The molecule has 0 saturated carbocycles. The third-order valence-electron chi connectivity index (χ3n) is 12.3. The van der Waals surface area contributed by atoms with Gasteiger partial charge in [-0.2, -0.15) is 0 Å². The molecule has 1 rings (SSSR count). The highest BCUT2D eigenvalue weighted by Crippen LogP contribution is 2.30. The number of ether oxygens (including phenoxy) is 2. The molecule has 1 heterocycles. The van der Waals surface area contributed by atoms with Crippen molar-refractivity contribution >= 4 is 17.8 Å². The summed E-state index contributed by atoms with van der Waals surface area (Å²) in [5.74, 6) is -0.336. The highest BCUT2D eigenvalue weighted by atomic mass is 16.6. The Labute approximate surface area is 354 Å². The van der Waals surface area contributed by atoms with Gasteiger partial charge in [0, 0.05) is 19.4 Å². The molecule has 1 aliphatic rings. The molecule has 0 bridgehead atoms. The maximum absolute atomic E-state index is 14.0. The molecule has 0 aromatic rings. The molecule has 0 aliphatic carbocycles. The summed E-state index contributed by atoms with van der Waals surface area (Å²) in [6.45, 7) is 12.6. The number of likely N-dealkylation sites (tertiary alicyclic amines) is 1. The molecule has 1 atom stereocenters. The van der Waals surface area contributed by atoms with Crippen molar-refractivity contribution in [1.82, 2.24) is 10.2 Å². The lowest BCUT2D eigenvalue weighted by Gasteiger charge is -2.33. The predicted molar refractivity (Wildman–Crippen MR) is 242 cm³/mol. The summed E-state index contributed by atoms with van der Waals surface area (Å²) in [6.07, 6.45) is 40.6. The number of rotatable bonds is 42. The number of esters is 2. The highest BCUT2D eigenvalue weighted by molar-refractivity contribution is 5.87. The monoisotopic (exact) mass is 805 g/mol. The average Bonchev–Trinajstić information content (AvgIpc) is 3.73. The van der Waals surface area contributed by atoms with Crippen LogP contribution in [0.3, 0.4) is 0 Å². The van der Waals surface area contributed by atoms with E-state index in [1.165, 1.54) is 103 Å². The Bertz CT molecular complexity index is 930. The first-order valence-corrected chi connectivity index (χ1v) is 25.3. The highest BCUT2D eigenvalue weighted by Gasteiger charge is 2.41. The van der Waals surface area contributed by atoms with E-state index in [-0.39, 0.29) is 23.9 Å². The molecule has 0 radical (unpaired) electrons. The summed E-state index contributed by atoms with van der Waals surface area (Å²) in [4.78, 5) is 42.4. The van der Waals surface area contributed by atoms with Gasteiger partial charge in [0.1, 0.15) is 6.10 Å². The summed E-state index contributed by atoms with van der Waals surface area (Å²) < 4.78 is 12.2. The molecule has 0 aromatic heterocycles. The van der Waals surface area contributed by atoms with Crippen molar-refractivity contribution in [3.63, 3.8) is 0 Å². The van der Waals surface area contributed by atoms with Crippen molar-refractivity contribution in [1.29, 1.82) is 0 Å². The van der Waals surface area contributed by atoms with Crippen molar-refractivity contribution in [3.8, 4) is 0 Å². The van der Waals surface area contributed by atoms with Crippen LogP contribution in [0.4, 0.5) is 0 Å². The van der Waals surface area contributed by atoms with Crippen LogP contribution in [0.5, 0.6) is 0 Å². The molecule has 1 amide bonds. The Morgan fingerprint density at radius 1 is 0.509 bits per heavy atom. The summed E-state index contributed by atoms with van der Waals surface area (Å²) in [5.41, 5.74) is -1.08. The van der Waals surface area contributed by atoms with Crippen molar-refractivity contribution in [2.45, 2.75) is 277 Å². The van der Waals surface area contributed by atoms with Gasteiger partial charge in [-0.25, -0.2) is 0 Å². The molecule has 0 aromatic carbocycles. The lowest BCUT2D eigenvalue weighted by Crippen LogP contribution is -2.50. The van der Waals surface area contributed by atoms with E-state index in [9.17, 15) is 14.4 Å². The molecule has 1 aliphatic heterocycles. The third kappa shape index (κ3) is 30.1. The number of carbonyl (C=O) groups excluding carboxylic acids is 3. The van der Waals surface area contributed by atoms with Crippen molar-refractivity contribution in [3.05, 3.63) is 0 Å². The Morgan fingerprint density at radius 3 is 1.40 bits per heavy atom. The van der Waals surface area contributed by atoms with E-state index in [0.717, 1.165) is 129 Å². The lowest BCUT2D eigenvalue weighted by atomic mass is 9.88. The minimum Gasteiger partial charge on any atom is -0.462 e. The number of hydrogen-bond acceptors (Lipinski definition) is 6. The van der Waals surface area contributed by atoms with E-state index < -0.39 is 5.60 Å². The Kier molecular flexibility index (Phi) is 36.1. The van der Waals surface area contributed by atoms with Gasteiger partial charge in [-0.1, -0.05) is 182 Å². The molecule has 1 unspecified atom stereocenters. The molecule has 7 heteroatoms. The zero-order chi connectivity index (χ0) is 41.5. The Morgan fingerprint density at radius 2 is 0.930 bits per heavy atom. The van der Waals surface area contributed by atoms with Gasteiger partial charge in [0.2, 0.25) is 0 Å². The Hall–Kier alpha value is -1.63. The quantitative estimate of drug-likeness (QED) is 0.0489. The fourth-order valence-corrected chi connectivity index (χ4v) is 8.48. The number of amides is 1. The summed E-state index contributed by atoms with van der Waals surface area (Å²) in [5, 5.41) is 3.18. The second-order valence-corrected chi connectivity index (χ2v) is 17.8. The number of nitrogens with zero attached hydrogens (tertiary/aromatic N) is 1. The number of hydrogen-bond donors (Lipinski definition) is 1. The van der Waals surface area contributed by atoms with Crippen LogP contribution in [-0.2, 0) is 23.9 Å². The normalized spacial score (nSPS) is 14.3. The van der Waals surface area contributed by atoms with E-state index in [2.05, 4.69) is 37.9 Å². The van der Waals surface area contributed by atoms with Crippen LogP contribution in [0.2, 0.25) is 0 Å². The third-order valence-corrected chi connectivity index (χ3v) is 12.3. The molecule has 1 N–H and O–H groups in total. The van der Waals surface area contributed by atoms with E-state index in [0.29, 0.717) is 32.2 Å². The number of nitrogens with one attached hydrogen (secondary N) is 1. The maximum atomic E-state index is 14.0. The van der Waals surface area contributed by atoms with Gasteiger partial charge in [0.25, 0.3) is 5.91 Å². The first-order chi connectivity index (χ1) is 27.9. The largest absolute Gasteiger partial charge is 0.462 e. The SMILES string of the molecule is CCCCCCCCCCCCCCCCCCC(CCCCCCCCC(=O)OC(CCCC)CCCC)(OC(=O)CCCN1CCCC1)C(=O)NCCCC. The fourth-order valence-electron chi connectivity index (χ4n) is 8.48. The van der Waals surface area contributed by atoms with Crippen LogP contribution in [0, 0.1) is 0 Å². The van der Waals surface area contributed by atoms with Gasteiger partial charge in [0.15, 0.2) is 5.60 Å². The number of unbranched alkanes of at least 4 members (excludes halogenated alkanes) is 23. The minimum atomic E-state index is -1.08.